The highest BCUT2D eigenvalue weighted by Gasteiger charge is 2.23. The Balaban J connectivity index is 1.29. The minimum Gasteiger partial charge on any atom is -0.457 e. The molecule has 0 unspecified atom stereocenters. The molecule has 6 nitrogen and oxygen atoms in total. The molecule has 0 aliphatic heterocycles. The van der Waals surface area contributed by atoms with Gasteiger partial charge in [-0.15, -0.1) is 10.2 Å². The van der Waals surface area contributed by atoms with Crippen molar-refractivity contribution in [1.29, 1.82) is 0 Å². The Labute approximate surface area is 171 Å². The molecule has 1 aliphatic carbocycles. The van der Waals surface area contributed by atoms with Crippen molar-refractivity contribution in [2.75, 3.05) is 10.6 Å². The Hall–Kier alpha value is -2.58. The molecule has 28 heavy (non-hydrogen) atoms. The number of aromatic nitrogens is 2. The van der Waals surface area contributed by atoms with Gasteiger partial charge in [0.15, 0.2) is 4.34 Å². The number of para-hydroxylation sites is 1. The molecule has 4 rings (SSSR count). The fraction of sp³-hybridized carbons (Fsp3) is 0.250. The summed E-state index contributed by atoms with van der Waals surface area (Å²) in [5.74, 6) is 1.42. The van der Waals surface area contributed by atoms with Gasteiger partial charge in [-0.05, 0) is 56.2 Å². The molecule has 0 bridgehead atoms. The maximum absolute atomic E-state index is 12.5. The van der Waals surface area contributed by atoms with Gasteiger partial charge in [-0.25, -0.2) is 0 Å². The second-order valence-electron chi connectivity index (χ2n) is 6.48. The molecule has 2 N–H and O–H groups in total. The molecule has 1 atom stereocenters. The molecule has 2 aromatic carbocycles. The molecule has 0 radical (unpaired) electrons. The lowest BCUT2D eigenvalue weighted by Crippen LogP contribution is -2.22. The van der Waals surface area contributed by atoms with Crippen LogP contribution in [0.15, 0.2) is 58.9 Å². The van der Waals surface area contributed by atoms with Crippen LogP contribution in [0.25, 0.3) is 0 Å². The summed E-state index contributed by atoms with van der Waals surface area (Å²) >= 11 is 2.90. The third kappa shape index (κ3) is 5.24. The quantitative estimate of drug-likeness (QED) is 0.506. The summed E-state index contributed by atoms with van der Waals surface area (Å²) in [5.41, 5.74) is 0.728. The first kappa shape index (κ1) is 18.8. The molecule has 0 saturated heterocycles. The van der Waals surface area contributed by atoms with Crippen LogP contribution in [0.4, 0.5) is 10.8 Å². The van der Waals surface area contributed by atoms with Gasteiger partial charge in [0, 0.05) is 11.7 Å². The molecule has 8 heteroatoms. The van der Waals surface area contributed by atoms with E-state index >= 15 is 0 Å². The first-order valence-electron chi connectivity index (χ1n) is 9.06. The van der Waals surface area contributed by atoms with Gasteiger partial charge < -0.3 is 15.4 Å². The number of anilines is 2. The van der Waals surface area contributed by atoms with Crippen molar-refractivity contribution in [3.05, 3.63) is 54.6 Å². The summed E-state index contributed by atoms with van der Waals surface area (Å²) in [6.07, 6.45) is 2.38. The monoisotopic (exact) mass is 412 g/mol. The number of nitrogens with zero attached hydrogens (tertiary/aromatic N) is 2. The normalized spacial score (nSPS) is 14.3. The van der Waals surface area contributed by atoms with E-state index in [0.29, 0.717) is 6.04 Å². The number of carbonyl (C=O) groups excluding carboxylic acids is 1. The van der Waals surface area contributed by atoms with Crippen LogP contribution in [0.5, 0.6) is 11.5 Å². The van der Waals surface area contributed by atoms with Gasteiger partial charge >= 0.3 is 0 Å². The number of nitrogens with one attached hydrogen (secondary N) is 2. The Morgan fingerprint density at radius 2 is 1.82 bits per heavy atom. The number of carbonyl (C=O) groups is 1. The second kappa shape index (κ2) is 8.62. The molecule has 144 valence electrons. The van der Waals surface area contributed by atoms with E-state index in [-0.39, 0.29) is 11.2 Å². The average Bonchev–Trinajstić information content (AvgIpc) is 3.41. The van der Waals surface area contributed by atoms with Crippen molar-refractivity contribution in [3.63, 3.8) is 0 Å². The van der Waals surface area contributed by atoms with E-state index in [1.165, 1.54) is 35.9 Å². The zero-order valence-electron chi connectivity index (χ0n) is 15.3. The summed E-state index contributed by atoms with van der Waals surface area (Å²) in [7, 11) is 0. The van der Waals surface area contributed by atoms with Crippen molar-refractivity contribution in [3.8, 4) is 11.5 Å². The van der Waals surface area contributed by atoms with Gasteiger partial charge in [0.2, 0.25) is 11.0 Å². The lowest BCUT2D eigenvalue weighted by Gasteiger charge is -2.11. The van der Waals surface area contributed by atoms with Crippen LogP contribution in [0.3, 0.4) is 0 Å². The lowest BCUT2D eigenvalue weighted by molar-refractivity contribution is -0.115. The van der Waals surface area contributed by atoms with Gasteiger partial charge in [-0.1, -0.05) is 41.3 Å². The Morgan fingerprint density at radius 1 is 1.11 bits per heavy atom. The molecule has 1 heterocycles. The van der Waals surface area contributed by atoms with E-state index in [1.807, 2.05) is 61.5 Å². The first-order valence-corrected chi connectivity index (χ1v) is 10.8. The summed E-state index contributed by atoms with van der Waals surface area (Å²) < 4.78 is 6.55. The Kier molecular flexibility index (Phi) is 5.78. The van der Waals surface area contributed by atoms with E-state index in [4.69, 9.17) is 4.74 Å². The predicted molar refractivity (Wildman–Crippen MR) is 113 cm³/mol. The van der Waals surface area contributed by atoms with E-state index in [2.05, 4.69) is 20.8 Å². The molecule has 1 fully saturated rings. The minimum absolute atomic E-state index is 0.0753. The molecular weight excluding hydrogens is 392 g/mol. The highest BCUT2D eigenvalue weighted by molar-refractivity contribution is 8.02. The van der Waals surface area contributed by atoms with E-state index in [0.717, 1.165) is 26.7 Å². The molecule has 3 aromatic rings. The van der Waals surface area contributed by atoms with Crippen LogP contribution >= 0.6 is 23.1 Å². The van der Waals surface area contributed by atoms with Gasteiger partial charge in [0.1, 0.15) is 11.5 Å². The summed E-state index contributed by atoms with van der Waals surface area (Å²) in [5, 5.41) is 15.1. The molecule has 0 spiro atoms. The standard InChI is InChI=1S/C20H20N4O2S2/c1-13(27-20-24-23-19(28-20)22-15-7-8-15)18(25)21-14-9-11-17(12-10-14)26-16-5-3-2-4-6-16/h2-6,9-13,15H,7-8H2,1H3,(H,21,25)(H,22,23)/t13-/m0/s1. The fourth-order valence-corrected chi connectivity index (χ4v) is 4.37. The van der Waals surface area contributed by atoms with Crippen molar-refractivity contribution in [2.24, 2.45) is 0 Å². The Bertz CT molecular complexity index is 927. The molecule has 1 aromatic heterocycles. The van der Waals surface area contributed by atoms with Crippen LogP contribution in [0.1, 0.15) is 19.8 Å². The molecule has 1 amide bonds. The lowest BCUT2D eigenvalue weighted by atomic mass is 10.3. The fourth-order valence-electron chi connectivity index (χ4n) is 2.40. The van der Waals surface area contributed by atoms with Crippen LogP contribution in [-0.2, 0) is 4.79 Å². The zero-order chi connectivity index (χ0) is 19.3. The van der Waals surface area contributed by atoms with Crippen LogP contribution in [-0.4, -0.2) is 27.4 Å². The molecule has 1 saturated carbocycles. The number of thioether (sulfide) groups is 1. The maximum atomic E-state index is 12.5. The van der Waals surface area contributed by atoms with Gasteiger partial charge in [0.05, 0.1) is 5.25 Å². The maximum Gasteiger partial charge on any atom is 0.237 e. The number of hydrogen-bond donors (Lipinski definition) is 2. The average molecular weight is 413 g/mol. The third-order valence-corrected chi connectivity index (χ3v) is 6.10. The van der Waals surface area contributed by atoms with Crippen LogP contribution < -0.4 is 15.4 Å². The van der Waals surface area contributed by atoms with E-state index < -0.39 is 0 Å². The predicted octanol–water partition coefficient (Wildman–Crippen LogP) is 5.02. The number of amides is 1. The second-order valence-corrected chi connectivity index (χ2v) is 9.05. The van der Waals surface area contributed by atoms with Crippen molar-refractivity contribution in [2.45, 2.75) is 35.4 Å². The van der Waals surface area contributed by atoms with Crippen molar-refractivity contribution in [1.82, 2.24) is 10.2 Å². The highest BCUT2D eigenvalue weighted by atomic mass is 32.2. The third-order valence-electron chi connectivity index (χ3n) is 4.06. The van der Waals surface area contributed by atoms with E-state index in [1.54, 1.807) is 0 Å². The van der Waals surface area contributed by atoms with Gasteiger partial charge in [-0.3, -0.25) is 4.79 Å². The number of rotatable bonds is 8. The largest absolute Gasteiger partial charge is 0.457 e. The van der Waals surface area contributed by atoms with Crippen LogP contribution in [0, 0.1) is 0 Å². The number of benzene rings is 2. The number of hydrogen-bond acceptors (Lipinski definition) is 7. The molecular formula is C20H20N4O2S2. The van der Waals surface area contributed by atoms with Crippen molar-refractivity contribution >= 4 is 39.8 Å². The SMILES string of the molecule is C[C@H](Sc1nnc(NC2CC2)s1)C(=O)Nc1ccc(Oc2ccccc2)cc1. The van der Waals surface area contributed by atoms with Crippen LogP contribution in [0.2, 0.25) is 0 Å². The highest BCUT2D eigenvalue weighted by Crippen LogP contribution is 2.32. The summed E-state index contributed by atoms with van der Waals surface area (Å²) in [6, 6.07) is 17.4. The summed E-state index contributed by atoms with van der Waals surface area (Å²) in [4.78, 5) is 12.5. The Morgan fingerprint density at radius 3 is 2.54 bits per heavy atom. The van der Waals surface area contributed by atoms with Gasteiger partial charge in [-0.2, -0.15) is 0 Å². The van der Waals surface area contributed by atoms with Gasteiger partial charge in [0.25, 0.3) is 0 Å². The minimum atomic E-state index is -0.276. The smallest absolute Gasteiger partial charge is 0.237 e. The van der Waals surface area contributed by atoms with E-state index in [9.17, 15) is 4.79 Å². The zero-order valence-corrected chi connectivity index (χ0v) is 16.9. The summed E-state index contributed by atoms with van der Waals surface area (Å²) in [6.45, 7) is 1.86. The first-order chi connectivity index (χ1) is 13.7. The molecule has 1 aliphatic rings. The number of ether oxygens (including phenoxy) is 1. The van der Waals surface area contributed by atoms with Crippen molar-refractivity contribution < 1.29 is 9.53 Å². The topological polar surface area (TPSA) is 76.1 Å².